The maximum Gasteiger partial charge on any atom is 0.126 e. The summed E-state index contributed by atoms with van der Waals surface area (Å²) in [7, 11) is 0. The zero-order valence-electron chi connectivity index (χ0n) is 12.2. The van der Waals surface area contributed by atoms with Gasteiger partial charge in [-0.15, -0.1) is 0 Å². The van der Waals surface area contributed by atoms with E-state index in [4.69, 9.17) is 10.5 Å². The Morgan fingerprint density at radius 3 is 2.80 bits per heavy atom. The molecule has 0 aromatic heterocycles. The van der Waals surface area contributed by atoms with Crippen LogP contribution in [-0.4, -0.2) is 5.60 Å². The smallest absolute Gasteiger partial charge is 0.126 e. The van der Waals surface area contributed by atoms with Crippen molar-refractivity contribution >= 4 is 15.9 Å². The van der Waals surface area contributed by atoms with Gasteiger partial charge in [0.25, 0.3) is 0 Å². The number of hydrogen-bond acceptors (Lipinski definition) is 2. The van der Waals surface area contributed by atoms with Crippen LogP contribution in [-0.2, 0) is 0 Å². The van der Waals surface area contributed by atoms with Gasteiger partial charge in [-0.3, -0.25) is 0 Å². The Kier molecular flexibility index (Phi) is 4.09. The SMILES string of the molecule is CCCC1CCC2(CC1)CC(N)c1ccc(Br)cc1O2. The number of nitrogens with two attached hydrogens (primary N) is 1. The van der Waals surface area contributed by atoms with E-state index in [0.717, 1.165) is 41.0 Å². The van der Waals surface area contributed by atoms with Gasteiger partial charge in [0.1, 0.15) is 11.4 Å². The fourth-order valence-corrected chi connectivity index (χ4v) is 4.24. The predicted molar refractivity (Wildman–Crippen MR) is 85.9 cm³/mol. The summed E-state index contributed by atoms with van der Waals surface area (Å²) in [6.45, 7) is 2.28. The first-order valence-corrected chi connectivity index (χ1v) is 8.65. The summed E-state index contributed by atoms with van der Waals surface area (Å²) in [5.74, 6) is 1.89. The predicted octanol–water partition coefficient (Wildman–Crippen LogP) is 4.96. The quantitative estimate of drug-likeness (QED) is 0.827. The molecule has 1 spiro atoms. The van der Waals surface area contributed by atoms with E-state index in [0.29, 0.717) is 0 Å². The molecule has 1 aromatic carbocycles. The second-order valence-electron chi connectivity index (χ2n) is 6.51. The van der Waals surface area contributed by atoms with E-state index in [2.05, 4.69) is 41.1 Å². The zero-order valence-corrected chi connectivity index (χ0v) is 13.8. The third kappa shape index (κ3) is 2.75. The molecule has 0 amide bonds. The summed E-state index contributed by atoms with van der Waals surface area (Å²) in [6, 6.07) is 6.35. The Bertz CT molecular complexity index is 480. The molecule has 20 heavy (non-hydrogen) atoms. The molecule has 2 nitrogen and oxygen atoms in total. The van der Waals surface area contributed by atoms with Crippen LogP contribution in [0.15, 0.2) is 22.7 Å². The summed E-state index contributed by atoms with van der Waals surface area (Å²) < 4.78 is 7.50. The lowest BCUT2D eigenvalue weighted by Gasteiger charge is -2.45. The Balaban J connectivity index is 1.77. The highest BCUT2D eigenvalue weighted by Crippen LogP contribution is 2.47. The number of hydrogen-bond donors (Lipinski definition) is 1. The van der Waals surface area contributed by atoms with E-state index in [9.17, 15) is 0 Å². The van der Waals surface area contributed by atoms with Crippen molar-refractivity contribution in [2.24, 2.45) is 11.7 Å². The summed E-state index contributed by atoms with van der Waals surface area (Å²) >= 11 is 3.53. The minimum absolute atomic E-state index is 0.00253. The van der Waals surface area contributed by atoms with Gasteiger partial charge in [-0.25, -0.2) is 0 Å². The van der Waals surface area contributed by atoms with Crippen molar-refractivity contribution in [3.05, 3.63) is 28.2 Å². The highest BCUT2D eigenvalue weighted by molar-refractivity contribution is 9.10. The minimum atomic E-state index is -0.00253. The Hall–Kier alpha value is -0.540. The molecular formula is C17H24BrNO. The molecule has 1 aliphatic carbocycles. The zero-order chi connectivity index (χ0) is 14.2. The number of benzene rings is 1. The normalized spacial score (nSPS) is 32.8. The standard InChI is InChI=1S/C17H24BrNO/c1-2-3-12-6-8-17(9-7-12)11-15(19)14-5-4-13(18)10-16(14)20-17/h4-5,10,12,15H,2-3,6-9,11,19H2,1H3. The van der Waals surface area contributed by atoms with E-state index in [1.807, 2.05) is 0 Å². The van der Waals surface area contributed by atoms with Gasteiger partial charge < -0.3 is 10.5 Å². The highest BCUT2D eigenvalue weighted by atomic mass is 79.9. The summed E-state index contributed by atoms with van der Waals surface area (Å²) in [5, 5.41) is 0. The van der Waals surface area contributed by atoms with Crippen LogP contribution in [0, 0.1) is 5.92 Å². The molecule has 3 rings (SSSR count). The van der Waals surface area contributed by atoms with Crippen molar-refractivity contribution < 1.29 is 4.74 Å². The lowest BCUT2D eigenvalue weighted by molar-refractivity contribution is -0.0116. The van der Waals surface area contributed by atoms with Crippen LogP contribution in [0.4, 0.5) is 0 Å². The van der Waals surface area contributed by atoms with Crippen LogP contribution in [0.25, 0.3) is 0 Å². The Morgan fingerprint density at radius 1 is 1.35 bits per heavy atom. The highest BCUT2D eigenvalue weighted by Gasteiger charge is 2.42. The molecule has 110 valence electrons. The first-order valence-electron chi connectivity index (χ1n) is 7.86. The molecular weight excluding hydrogens is 314 g/mol. The molecule has 0 bridgehead atoms. The Labute approximate surface area is 130 Å². The van der Waals surface area contributed by atoms with Gasteiger partial charge in [-0.2, -0.15) is 0 Å². The molecule has 0 saturated heterocycles. The van der Waals surface area contributed by atoms with Crippen LogP contribution in [0.2, 0.25) is 0 Å². The van der Waals surface area contributed by atoms with Crippen LogP contribution < -0.4 is 10.5 Å². The third-order valence-corrected chi connectivity index (χ3v) is 5.50. The molecule has 1 unspecified atom stereocenters. The van der Waals surface area contributed by atoms with Crippen LogP contribution >= 0.6 is 15.9 Å². The van der Waals surface area contributed by atoms with Gasteiger partial charge in [0, 0.05) is 22.5 Å². The van der Waals surface area contributed by atoms with Gasteiger partial charge in [0.15, 0.2) is 0 Å². The molecule has 0 radical (unpaired) electrons. The summed E-state index contributed by atoms with van der Waals surface area (Å²) in [4.78, 5) is 0. The monoisotopic (exact) mass is 337 g/mol. The van der Waals surface area contributed by atoms with E-state index in [1.54, 1.807) is 0 Å². The molecule has 2 N–H and O–H groups in total. The maximum atomic E-state index is 6.43. The van der Waals surface area contributed by atoms with Crippen LogP contribution in [0.1, 0.15) is 63.5 Å². The fourth-order valence-electron chi connectivity index (χ4n) is 3.90. The van der Waals surface area contributed by atoms with Gasteiger partial charge in [0.2, 0.25) is 0 Å². The average molecular weight is 338 g/mol. The molecule has 1 saturated carbocycles. The molecule has 3 heteroatoms. The number of halogens is 1. The van der Waals surface area contributed by atoms with Crippen molar-refractivity contribution in [3.8, 4) is 5.75 Å². The molecule has 1 fully saturated rings. The molecule has 1 atom stereocenters. The Morgan fingerprint density at radius 2 is 2.10 bits per heavy atom. The average Bonchev–Trinajstić information content (AvgIpc) is 2.41. The largest absolute Gasteiger partial charge is 0.487 e. The van der Waals surface area contributed by atoms with Gasteiger partial charge in [-0.1, -0.05) is 41.8 Å². The van der Waals surface area contributed by atoms with Crippen molar-refractivity contribution in [3.63, 3.8) is 0 Å². The summed E-state index contributed by atoms with van der Waals surface area (Å²) in [6.07, 6.45) is 8.56. The molecule has 1 aromatic rings. The minimum Gasteiger partial charge on any atom is -0.487 e. The van der Waals surface area contributed by atoms with E-state index in [-0.39, 0.29) is 11.6 Å². The van der Waals surface area contributed by atoms with Crippen molar-refractivity contribution in [2.75, 3.05) is 0 Å². The van der Waals surface area contributed by atoms with Crippen LogP contribution in [0.5, 0.6) is 5.75 Å². The number of ether oxygens (including phenoxy) is 1. The van der Waals surface area contributed by atoms with E-state index >= 15 is 0 Å². The lowest BCUT2D eigenvalue weighted by Crippen LogP contribution is -2.45. The second-order valence-corrected chi connectivity index (χ2v) is 7.43. The summed E-state index contributed by atoms with van der Waals surface area (Å²) in [5.41, 5.74) is 7.56. The fraction of sp³-hybridized carbons (Fsp3) is 0.647. The lowest BCUT2D eigenvalue weighted by atomic mass is 9.72. The van der Waals surface area contributed by atoms with Crippen LogP contribution in [0.3, 0.4) is 0 Å². The third-order valence-electron chi connectivity index (χ3n) is 5.01. The number of rotatable bonds is 2. The van der Waals surface area contributed by atoms with Crippen molar-refractivity contribution in [1.82, 2.24) is 0 Å². The van der Waals surface area contributed by atoms with Gasteiger partial charge in [0.05, 0.1) is 0 Å². The molecule has 1 aliphatic heterocycles. The second kappa shape index (κ2) is 5.69. The van der Waals surface area contributed by atoms with Crippen molar-refractivity contribution in [1.29, 1.82) is 0 Å². The van der Waals surface area contributed by atoms with Crippen molar-refractivity contribution in [2.45, 2.75) is 63.5 Å². The van der Waals surface area contributed by atoms with E-state index in [1.165, 1.54) is 25.7 Å². The molecule has 1 heterocycles. The van der Waals surface area contributed by atoms with E-state index < -0.39 is 0 Å². The molecule has 2 aliphatic rings. The first-order chi connectivity index (χ1) is 9.62. The maximum absolute atomic E-state index is 6.43. The van der Waals surface area contributed by atoms with Gasteiger partial charge >= 0.3 is 0 Å². The topological polar surface area (TPSA) is 35.2 Å². The number of fused-ring (bicyclic) bond motifs is 1. The first kappa shape index (κ1) is 14.4. The van der Waals surface area contributed by atoms with Gasteiger partial charge in [-0.05, 0) is 43.7 Å².